The molecule has 1 aromatic rings. The Kier molecular flexibility index (Phi) is 2.74. The third kappa shape index (κ3) is 2.10. The van der Waals surface area contributed by atoms with Crippen molar-refractivity contribution in [2.24, 2.45) is 0 Å². The summed E-state index contributed by atoms with van der Waals surface area (Å²) in [6.45, 7) is 1.57. The number of carbonyl (C=O) groups excluding carboxylic acids is 1. The van der Waals surface area contributed by atoms with Crippen LogP contribution in [0.2, 0.25) is 0 Å². The van der Waals surface area contributed by atoms with E-state index in [2.05, 4.69) is 9.88 Å². The van der Waals surface area contributed by atoms with Crippen molar-refractivity contribution in [2.75, 3.05) is 18.0 Å². The Bertz CT molecular complexity index is 587. The van der Waals surface area contributed by atoms with E-state index in [1.54, 1.807) is 11.1 Å². The highest BCUT2D eigenvalue weighted by Gasteiger charge is 2.51. The number of hydrogen-bond acceptors (Lipinski definition) is 5. The maximum absolute atomic E-state index is 12.5. The van der Waals surface area contributed by atoms with E-state index in [1.807, 2.05) is 12.1 Å². The molecule has 1 saturated heterocycles. The van der Waals surface area contributed by atoms with Gasteiger partial charge in [0.2, 0.25) is 0 Å². The van der Waals surface area contributed by atoms with Crippen molar-refractivity contribution in [3.05, 3.63) is 23.9 Å². The first kappa shape index (κ1) is 13.0. The van der Waals surface area contributed by atoms with E-state index in [0.717, 1.165) is 11.4 Å². The van der Waals surface area contributed by atoms with Gasteiger partial charge >= 0.3 is 0 Å². The molecule has 2 aliphatic heterocycles. The lowest BCUT2D eigenvalue weighted by Crippen LogP contribution is -2.45. The topological polar surface area (TPSA) is 76.9 Å². The van der Waals surface area contributed by atoms with E-state index in [9.17, 15) is 15.0 Å². The molecule has 112 valence electrons. The number of fused-ring (bicyclic) bond motifs is 3. The van der Waals surface area contributed by atoms with Crippen molar-refractivity contribution in [3.63, 3.8) is 0 Å². The van der Waals surface area contributed by atoms with E-state index >= 15 is 0 Å². The van der Waals surface area contributed by atoms with Crippen LogP contribution < -0.4 is 4.90 Å². The van der Waals surface area contributed by atoms with E-state index < -0.39 is 5.60 Å². The summed E-state index contributed by atoms with van der Waals surface area (Å²) in [7, 11) is 0. The average molecular weight is 289 g/mol. The third-order valence-electron chi connectivity index (χ3n) is 4.73. The van der Waals surface area contributed by atoms with E-state index in [1.165, 1.54) is 0 Å². The summed E-state index contributed by atoms with van der Waals surface area (Å²) < 4.78 is 0. The van der Waals surface area contributed by atoms with Gasteiger partial charge in [0.25, 0.3) is 5.91 Å². The summed E-state index contributed by atoms with van der Waals surface area (Å²) in [6.07, 6.45) is 3.10. The van der Waals surface area contributed by atoms with Crippen LogP contribution >= 0.6 is 0 Å². The molecule has 3 aliphatic rings. The molecule has 21 heavy (non-hydrogen) atoms. The second-order valence-electron chi connectivity index (χ2n) is 6.40. The number of aliphatic hydroxyl groups excluding tert-OH is 1. The number of anilines is 1. The van der Waals surface area contributed by atoms with Crippen LogP contribution in [-0.4, -0.2) is 56.8 Å². The maximum Gasteiger partial charge on any atom is 0.254 e. The van der Waals surface area contributed by atoms with Crippen molar-refractivity contribution in [1.29, 1.82) is 0 Å². The summed E-state index contributed by atoms with van der Waals surface area (Å²) in [4.78, 5) is 20.8. The number of nitrogens with zero attached hydrogens (tertiary/aromatic N) is 3. The summed E-state index contributed by atoms with van der Waals surface area (Å²) in [5, 5.41) is 20.1. The van der Waals surface area contributed by atoms with Crippen molar-refractivity contribution in [3.8, 4) is 0 Å². The van der Waals surface area contributed by atoms with Gasteiger partial charge in [-0.3, -0.25) is 4.79 Å². The Morgan fingerprint density at radius 3 is 2.95 bits per heavy atom. The Morgan fingerprint density at radius 1 is 1.38 bits per heavy atom. The summed E-state index contributed by atoms with van der Waals surface area (Å²) in [5.41, 5.74) is -0.166. The van der Waals surface area contributed by atoms with E-state index in [4.69, 9.17) is 0 Å². The summed E-state index contributed by atoms with van der Waals surface area (Å²) in [5.74, 6) is 0.678. The van der Waals surface area contributed by atoms with Crippen LogP contribution in [0, 0.1) is 0 Å². The fourth-order valence-corrected chi connectivity index (χ4v) is 3.44. The predicted molar refractivity (Wildman–Crippen MR) is 75.6 cm³/mol. The molecule has 3 heterocycles. The van der Waals surface area contributed by atoms with Crippen LogP contribution in [0.5, 0.6) is 0 Å². The molecule has 6 nitrogen and oxygen atoms in total. The molecule has 0 radical (unpaired) electrons. The van der Waals surface area contributed by atoms with Crippen molar-refractivity contribution < 1.29 is 15.0 Å². The molecule has 1 aromatic heterocycles. The van der Waals surface area contributed by atoms with Gasteiger partial charge in [-0.2, -0.15) is 0 Å². The fourth-order valence-electron chi connectivity index (χ4n) is 3.44. The van der Waals surface area contributed by atoms with Crippen LogP contribution in [0.15, 0.2) is 18.3 Å². The first-order valence-corrected chi connectivity index (χ1v) is 7.47. The number of aliphatic hydroxyl groups is 2. The highest BCUT2D eigenvalue weighted by molar-refractivity contribution is 5.88. The van der Waals surface area contributed by atoms with Gasteiger partial charge in [-0.05, 0) is 25.3 Å². The standard InChI is InChI=1S/C15H19N3O3/c19-12-6-11-8-17(14(20)15(21)3-4-15)7-10-2-1-5-16-13(10)18(11)9-12/h1-2,5,11-12,19,21H,3-4,6-9H2/t11-,12+/m0/s1. The smallest absolute Gasteiger partial charge is 0.254 e. The van der Waals surface area contributed by atoms with E-state index in [0.29, 0.717) is 38.9 Å². The van der Waals surface area contributed by atoms with Gasteiger partial charge in [0.15, 0.2) is 0 Å². The Morgan fingerprint density at radius 2 is 2.19 bits per heavy atom. The zero-order chi connectivity index (χ0) is 14.6. The average Bonchev–Trinajstić information content (AvgIpc) is 3.15. The third-order valence-corrected chi connectivity index (χ3v) is 4.73. The number of amides is 1. The number of aromatic nitrogens is 1. The van der Waals surface area contributed by atoms with Gasteiger partial charge < -0.3 is 20.0 Å². The van der Waals surface area contributed by atoms with Crippen molar-refractivity contribution in [2.45, 2.75) is 43.6 Å². The zero-order valence-corrected chi connectivity index (χ0v) is 11.8. The molecule has 0 unspecified atom stereocenters. The van der Waals surface area contributed by atoms with Gasteiger partial charge in [0.05, 0.1) is 12.1 Å². The maximum atomic E-state index is 12.5. The Balaban J connectivity index is 1.70. The molecule has 0 spiro atoms. The summed E-state index contributed by atoms with van der Waals surface area (Å²) >= 11 is 0. The molecule has 6 heteroatoms. The van der Waals surface area contributed by atoms with E-state index in [-0.39, 0.29) is 18.1 Å². The normalized spacial score (nSPS) is 29.6. The van der Waals surface area contributed by atoms with Gasteiger partial charge in [0, 0.05) is 31.4 Å². The van der Waals surface area contributed by atoms with Gasteiger partial charge in [-0.25, -0.2) is 4.98 Å². The largest absolute Gasteiger partial charge is 0.391 e. The number of pyridine rings is 1. The van der Waals surface area contributed by atoms with Crippen LogP contribution in [-0.2, 0) is 11.3 Å². The number of rotatable bonds is 1. The summed E-state index contributed by atoms with van der Waals surface area (Å²) in [6, 6.07) is 3.90. The predicted octanol–water partition coefficient (Wildman–Crippen LogP) is -0.112. The monoisotopic (exact) mass is 289 g/mol. The van der Waals surface area contributed by atoms with Crippen molar-refractivity contribution >= 4 is 11.7 Å². The number of hydrogen-bond donors (Lipinski definition) is 2. The van der Waals surface area contributed by atoms with Crippen LogP contribution in [0.1, 0.15) is 24.8 Å². The molecule has 2 atom stereocenters. The molecule has 1 aliphatic carbocycles. The molecular formula is C15H19N3O3. The lowest BCUT2D eigenvalue weighted by molar-refractivity contribution is -0.143. The van der Waals surface area contributed by atoms with Gasteiger partial charge in [-0.15, -0.1) is 0 Å². The minimum absolute atomic E-state index is 0.0717. The molecule has 4 rings (SSSR count). The van der Waals surface area contributed by atoms with Crippen molar-refractivity contribution in [1.82, 2.24) is 9.88 Å². The lowest BCUT2D eigenvalue weighted by atomic mass is 10.1. The SMILES string of the molecule is O=C(N1Cc2cccnc2N2C[C@H](O)C[C@H]2C1)C1(O)CC1. The lowest BCUT2D eigenvalue weighted by Gasteiger charge is -2.27. The second-order valence-corrected chi connectivity index (χ2v) is 6.40. The minimum atomic E-state index is -1.14. The molecule has 0 bridgehead atoms. The molecule has 0 aromatic carbocycles. The highest BCUT2D eigenvalue weighted by Crippen LogP contribution is 2.39. The molecule has 2 N–H and O–H groups in total. The molecular weight excluding hydrogens is 270 g/mol. The number of carbonyl (C=O) groups is 1. The fraction of sp³-hybridized carbons (Fsp3) is 0.600. The quantitative estimate of drug-likeness (QED) is 0.754. The van der Waals surface area contributed by atoms with Crippen LogP contribution in [0.3, 0.4) is 0 Å². The minimum Gasteiger partial charge on any atom is -0.391 e. The first-order chi connectivity index (χ1) is 10.1. The zero-order valence-electron chi connectivity index (χ0n) is 11.8. The highest BCUT2D eigenvalue weighted by atomic mass is 16.3. The second kappa shape index (κ2) is 4.42. The van der Waals surface area contributed by atoms with Gasteiger partial charge in [0.1, 0.15) is 11.4 Å². The molecule has 2 fully saturated rings. The molecule has 1 amide bonds. The first-order valence-electron chi connectivity index (χ1n) is 7.47. The molecule has 1 saturated carbocycles. The Hall–Kier alpha value is -1.66. The Labute approximate surface area is 123 Å². The van der Waals surface area contributed by atoms with Crippen LogP contribution in [0.4, 0.5) is 5.82 Å². The van der Waals surface area contributed by atoms with Crippen LogP contribution in [0.25, 0.3) is 0 Å². The van der Waals surface area contributed by atoms with Gasteiger partial charge in [-0.1, -0.05) is 6.07 Å².